The first kappa shape index (κ1) is 13.0. The summed E-state index contributed by atoms with van der Waals surface area (Å²) in [5.74, 6) is -0.374. The lowest BCUT2D eigenvalue weighted by atomic mass is 9.98. The van der Waals surface area contributed by atoms with Crippen LogP contribution in [0.3, 0.4) is 0 Å². The van der Waals surface area contributed by atoms with Gasteiger partial charge >= 0.3 is 0 Å². The van der Waals surface area contributed by atoms with Crippen LogP contribution < -0.4 is 16.4 Å². The molecule has 1 fully saturated rings. The first-order valence-corrected chi connectivity index (χ1v) is 5.87. The van der Waals surface area contributed by atoms with Gasteiger partial charge in [0.15, 0.2) is 0 Å². The van der Waals surface area contributed by atoms with Gasteiger partial charge in [-0.25, -0.2) is 0 Å². The van der Waals surface area contributed by atoms with Gasteiger partial charge in [-0.15, -0.1) is 0 Å². The predicted molar refractivity (Wildman–Crippen MR) is 61.7 cm³/mol. The van der Waals surface area contributed by atoms with Gasteiger partial charge in [-0.05, 0) is 26.7 Å². The minimum absolute atomic E-state index is 0.169. The Balaban J connectivity index is 2.47. The second kappa shape index (κ2) is 5.30. The molecule has 92 valence electrons. The van der Waals surface area contributed by atoms with E-state index < -0.39 is 11.6 Å². The zero-order valence-corrected chi connectivity index (χ0v) is 10.0. The number of hydrogen-bond donors (Lipinski definition) is 3. The molecular formula is C11H21N3O2. The van der Waals surface area contributed by atoms with Crippen molar-refractivity contribution in [2.45, 2.75) is 51.1 Å². The number of hydrogen-bond acceptors (Lipinski definition) is 3. The van der Waals surface area contributed by atoms with Crippen molar-refractivity contribution in [3.05, 3.63) is 0 Å². The molecule has 1 rings (SSSR count). The van der Waals surface area contributed by atoms with Gasteiger partial charge in [-0.2, -0.15) is 0 Å². The molecule has 2 amide bonds. The highest BCUT2D eigenvalue weighted by Gasteiger charge is 2.37. The van der Waals surface area contributed by atoms with Crippen LogP contribution in [0.4, 0.5) is 0 Å². The van der Waals surface area contributed by atoms with Gasteiger partial charge < -0.3 is 16.4 Å². The second-order valence-electron chi connectivity index (χ2n) is 4.45. The molecule has 1 aliphatic carbocycles. The van der Waals surface area contributed by atoms with Crippen molar-refractivity contribution in [1.82, 2.24) is 10.6 Å². The van der Waals surface area contributed by atoms with E-state index in [4.69, 9.17) is 5.73 Å². The third-order valence-corrected chi connectivity index (χ3v) is 3.04. The van der Waals surface area contributed by atoms with E-state index in [2.05, 4.69) is 10.6 Å². The maximum absolute atomic E-state index is 11.9. The van der Waals surface area contributed by atoms with E-state index in [-0.39, 0.29) is 11.8 Å². The second-order valence-corrected chi connectivity index (χ2v) is 4.45. The van der Waals surface area contributed by atoms with Gasteiger partial charge in [-0.3, -0.25) is 9.59 Å². The number of rotatable bonds is 4. The summed E-state index contributed by atoms with van der Waals surface area (Å²) in [5.41, 5.74) is 5.22. The minimum atomic E-state index is -0.763. The summed E-state index contributed by atoms with van der Waals surface area (Å²) in [4.78, 5) is 23.3. The number of amides is 2. The SMILES string of the molecule is CCNC(=O)C(C)NC(=O)C1(N)CCCC1. The van der Waals surface area contributed by atoms with Crippen LogP contribution in [0.5, 0.6) is 0 Å². The van der Waals surface area contributed by atoms with Crippen LogP contribution in [0.2, 0.25) is 0 Å². The summed E-state index contributed by atoms with van der Waals surface area (Å²) in [5, 5.41) is 5.33. The van der Waals surface area contributed by atoms with Crippen molar-refractivity contribution >= 4 is 11.8 Å². The lowest BCUT2D eigenvalue weighted by molar-refractivity contribution is -0.131. The summed E-state index contributed by atoms with van der Waals surface area (Å²) < 4.78 is 0. The average molecular weight is 227 g/mol. The number of carbonyl (C=O) groups excluding carboxylic acids is 2. The molecule has 0 saturated heterocycles. The highest BCUT2D eigenvalue weighted by atomic mass is 16.2. The fourth-order valence-corrected chi connectivity index (χ4v) is 1.97. The first-order chi connectivity index (χ1) is 7.49. The molecule has 1 atom stereocenters. The molecule has 0 aromatic rings. The first-order valence-electron chi connectivity index (χ1n) is 5.87. The summed E-state index contributed by atoms with van der Waals surface area (Å²) in [6, 6.07) is -0.520. The lowest BCUT2D eigenvalue weighted by Crippen LogP contribution is -2.56. The molecule has 16 heavy (non-hydrogen) atoms. The monoisotopic (exact) mass is 227 g/mol. The third kappa shape index (κ3) is 2.95. The molecular weight excluding hydrogens is 206 g/mol. The van der Waals surface area contributed by atoms with Crippen LogP contribution in [0.15, 0.2) is 0 Å². The van der Waals surface area contributed by atoms with Gasteiger partial charge in [0.1, 0.15) is 6.04 Å². The van der Waals surface area contributed by atoms with E-state index in [1.165, 1.54) is 0 Å². The van der Waals surface area contributed by atoms with Crippen LogP contribution in [0.1, 0.15) is 39.5 Å². The molecule has 4 N–H and O–H groups in total. The van der Waals surface area contributed by atoms with E-state index in [0.717, 1.165) is 12.8 Å². The zero-order valence-electron chi connectivity index (χ0n) is 10.0. The normalized spacial score (nSPS) is 20.2. The number of nitrogens with one attached hydrogen (secondary N) is 2. The highest BCUT2D eigenvalue weighted by Crippen LogP contribution is 2.27. The molecule has 1 unspecified atom stereocenters. The van der Waals surface area contributed by atoms with E-state index in [9.17, 15) is 9.59 Å². The van der Waals surface area contributed by atoms with Gasteiger partial charge in [0.25, 0.3) is 0 Å². The van der Waals surface area contributed by atoms with Crippen molar-refractivity contribution in [3.8, 4) is 0 Å². The predicted octanol–water partition coefficient (Wildman–Crippen LogP) is -0.101. The molecule has 0 aliphatic heterocycles. The lowest BCUT2D eigenvalue weighted by Gasteiger charge is -2.24. The van der Waals surface area contributed by atoms with E-state index in [1.54, 1.807) is 6.92 Å². The summed E-state index contributed by atoms with van der Waals surface area (Å²) in [7, 11) is 0. The van der Waals surface area contributed by atoms with Crippen LogP contribution >= 0.6 is 0 Å². The Bertz CT molecular complexity index is 272. The van der Waals surface area contributed by atoms with E-state index in [0.29, 0.717) is 19.4 Å². The zero-order chi connectivity index (χ0) is 12.2. The van der Waals surface area contributed by atoms with Crippen LogP contribution in [0, 0.1) is 0 Å². The molecule has 0 aromatic heterocycles. The van der Waals surface area contributed by atoms with Crippen molar-refractivity contribution < 1.29 is 9.59 Å². The molecule has 1 saturated carbocycles. The summed E-state index contributed by atoms with van der Waals surface area (Å²) in [6.45, 7) is 4.07. The Hall–Kier alpha value is -1.10. The molecule has 5 nitrogen and oxygen atoms in total. The largest absolute Gasteiger partial charge is 0.355 e. The van der Waals surface area contributed by atoms with Crippen LogP contribution in [-0.2, 0) is 9.59 Å². The molecule has 0 spiro atoms. The van der Waals surface area contributed by atoms with E-state index >= 15 is 0 Å². The smallest absolute Gasteiger partial charge is 0.242 e. The van der Waals surface area contributed by atoms with Gasteiger partial charge in [-0.1, -0.05) is 12.8 Å². The molecule has 0 bridgehead atoms. The fraction of sp³-hybridized carbons (Fsp3) is 0.818. The molecule has 0 heterocycles. The number of carbonyl (C=O) groups is 2. The highest BCUT2D eigenvalue weighted by molar-refractivity contribution is 5.91. The van der Waals surface area contributed by atoms with Gasteiger partial charge in [0.05, 0.1) is 5.54 Å². The van der Waals surface area contributed by atoms with Crippen molar-refractivity contribution in [1.29, 1.82) is 0 Å². The third-order valence-electron chi connectivity index (χ3n) is 3.04. The minimum Gasteiger partial charge on any atom is -0.355 e. The Morgan fingerprint density at radius 2 is 1.94 bits per heavy atom. The van der Waals surface area contributed by atoms with E-state index in [1.807, 2.05) is 6.92 Å². The van der Waals surface area contributed by atoms with Crippen molar-refractivity contribution in [2.75, 3.05) is 6.54 Å². The topological polar surface area (TPSA) is 84.2 Å². The Kier molecular flexibility index (Phi) is 4.29. The Labute approximate surface area is 96.1 Å². The Morgan fingerprint density at radius 1 is 1.38 bits per heavy atom. The average Bonchev–Trinajstić information content (AvgIpc) is 2.66. The Morgan fingerprint density at radius 3 is 2.44 bits per heavy atom. The summed E-state index contributed by atoms with van der Waals surface area (Å²) >= 11 is 0. The molecule has 1 aliphatic rings. The van der Waals surface area contributed by atoms with Crippen molar-refractivity contribution in [3.63, 3.8) is 0 Å². The number of nitrogens with two attached hydrogens (primary N) is 1. The maximum Gasteiger partial charge on any atom is 0.242 e. The number of likely N-dealkylation sites (N-methyl/N-ethyl adjacent to an activating group) is 1. The van der Waals surface area contributed by atoms with Gasteiger partial charge in [0.2, 0.25) is 11.8 Å². The quantitative estimate of drug-likeness (QED) is 0.627. The molecule has 0 aromatic carbocycles. The molecule has 5 heteroatoms. The van der Waals surface area contributed by atoms with Crippen LogP contribution in [0.25, 0.3) is 0 Å². The molecule has 0 radical (unpaired) electrons. The van der Waals surface area contributed by atoms with Gasteiger partial charge in [0, 0.05) is 6.54 Å². The fourth-order valence-electron chi connectivity index (χ4n) is 1.97. The standard InChI is InChI=1S/C11H21N3O2/c1-3-13-9(15)8(2)14-10(16)11(12)6-4-5-7-11/h8H,3-7,12H2,1-2H3,(H,13,15)(H,14,16). The van der Waals surface area contributed by atoms with Crippen molar-refractivity contribution in [2.24, 2.45) is 5.73 Å². The summed E-state index contributed by atoms with van der Waals surface area (Å²) in [6.07, 6.45) is 3.39. The van der Waals surface area contributed by atoms with Crippen LogP contribution in [-0.4, -0.2) is 29.9 Å². The maximum atomic E-state index is 11.9.